The standard InChI is InChI=1S/C23H26N2O4/c1-15-9-11-25(12-10-15)19(21-8-7-16(2)28-21)14-24-22(26)18-13-17-5-3-4-6-20(17)29-23(18)27/h3-8,13,15,19H,9-12,14H2,1-2H3,(H,24,26)/t19-/m0/s1. The number of nitrogens with one attached hydrogen (secondary N) is 1. The van der Waals surface area contributed by atoms with E-state index in [2.05, 4.69) is 17.1 Å². The minimum atomic E-state index is -0.626. The largest absolute Gasteiger partial charge is 0.465 e. The van der Waals surface area contributed by atoms with Gasteiger partial charge in [0.15, 0.2) is 0 Å². The Bertz CT molecular complexity index is 1060. The number of para-hydroxylation sites is 1. The Balaban J connectivity index is 1.53. The molecule has 152 valence electrons. The van der Waals surface area contributed by atoms with Crippen LogP contribution in [0.3, 0.4) is 0 Å². The van der Waals surface area contributed by atoms with Gasteiger partial charge in [-0.15, -0.1) is 0 Å². The van der Waals surface area contributed by atoms with Gasteiger partial charge < -0.3 is 14.2 Å². The third kappa shape index (κ3) is 4.27. The molecule has 2 aromatic heterocycles. The van der Waals surface area contributed by atoms with Crippen LogP contribution < -0.4 is 10.9 Å². The Labute approximate surface area is 169 Å². The molecule has 6 nitrogen and oxygen atoms in total. The Morgan fingerprint density at radius 3 is 2.66 bits per heavy atom. The van der Waals surface area contributed by atoms with Crippen LogP contribution in [0.1, 0.15) is 47.7 Å². The monoisotopic (exact) mass is 394 g/mol. The molecule has 0 aliphatic carbocycles. The molecule has 1 amide bonds. The number of likely N-dealkylation sites (tertiary alicyclic amines) is 1. The summed E-state index contributed by atoms with van der Waals surface area (Å²) >= 11 is 0. The first-order valence-corrected chi connectivity index (χ1v) is 10.1. The van der Waals surface area contributed by atoms with Gasteiger partial charge in [-0.1, -0.05) is 25.1 Å². The number of hydrogen-bond donors (Lipinski definition) is 1. The Morgan fingerprint density at radius 2 is 1.93 bits per heavy atom. The molecule has 1 saturated heterocycles. The summed E-state index contributed by atoms with van der Waals surface area (Å²) in [7, 11) is 0. The molecule has 1 aliphatic heterocycles. The van der Waals surface area contributed by atoms with Gasteiger partial charge in [0.05, 0.1) is 6.04 Å². The van der Waals surface area contributed by atoms with E-state index in [0.29, 0.717) is 18.0 Å². The van der Waals surface area contributed by atoms with E-state index in [-0.39, 0.29) is 11.6 Å². The van der Waals surface area contributed by atoms with Crippen LogP contribution in [-0.4, -0.2) is 30.4 Å². The normalized spacial score (nSPS) is 16.8. The van der Waals surface area contributed by atoms with Gasteiger partial charge in [0.2, 0.25) is 0 Å². The van der Waals surface area contributed by atoms with E-state index in [4.69, 9.17) is 8.83 Å². The lowest BCUT2D eigenvalue weighted by Crippen LogP contribution is -2.42. The van der Waals surface area contributed by atoms with Crippen LogP contribution in [0.5, 0.6) is 0 Å². The van der Waals surface area contributed by atoms with E-state index >= 15 is 0 Å². The number of rotatable bonds is 5. The predicted octanol–water partition coefficient (Wildman–Crippen LogP) is 3.90. The summed E-state index contributed by atoms with van der Waals surface area (Å²) in [6.07, 6.45) is 2.25. The molecule has 0 spiro atoms. The molecule has 4 rings (SSSR count). The SMILES string of the molecule is Cc1ccc([C@H](CNC(=O)c2cc3ccccc3oc2=O)N2CCC(C)CC2)o1. The van der Waals surface area contributed by atoms with Crippen molar-refractivity contribution in [2.45, 2.75) is 32.7 Å². The number of furan rings is 1. The molecule has 29 heavy (non-hydrogen) atoms. The number of hydrogen-bond acceptors (Lipinski definition) is 5. The van der Waals surface area contributed by atoms with Crippen LogP contribution >= 0.6 is 0 Å². The van der Waals surface area contributed by atoms with E-state index in [1.807, 2.05) is 31.2 Å². The minimum Gasteiger partial charge on any atom is -0.465 e. The third-order valence-electron chi connectivity index (χ3n) is 5.69. The highest BCUT2D eigenvalue weighted by atomic mass is 16.4. The molecule has 0 unspecified atom stereocenters. The van der Waals surface area contributed by atoms with Crippen molar-refractivity contribution in [3.8, 4) is 0 Å². The van der Waals surface area contributed by atoms with Crippen LogP contribution in [-0.2, 0) is 0 Å². The average molecular weight is 394 g/mol. The van der Waals surface area contributed by atoms with Gasteiger partial charge >= 0.3 is 5.63 Å². The predicted molar refractivity (Wildman–Crippen MR) is 111 cm³/mol. The summed E-state index contributed by atoms with van der Waals surface area (Å²) in [4.78, 5) is 27.4. The maximum Gasteiger partial charge on any atom is 0.349 e. The van der Waals surface area contributed by atoms with Gasteiger partial charge in [0.1, 0.15) is 22.7 Å². The summed E-state index contributed by atoms with van der Waals surface area (Å²) in [5, 5.41) is 3.64. The fourth-order valence-corrected chi connectivity index (χ4v) is 3.89. The zero-order valence-corrected chi connectivity index (χ0v) is 16.8. The van der Waals surface area contributed by atoms with Crippen molar-refractivity contribution in [3.05, 3.63) is 70.0 Å². The highest BCUT2D eigenvalue weighted by Crippen LogP contribution is 2.27. The van der Waals surface area contributed by atoms with E-state index in [1.165, 1.54) is 0 Å². The maximum atomic E-state index is 12.8. The molecule has 1 atom stereocenters. The Hall–Kier alpha value is -2.86. The second-order valence-corrected chi connectivity index (χ2v) is 7.88. The highest BCUT2D eigenvalue weighted by Gasteiger charge is 2.27. The van der Waals surface area contributed by atoms with Crippen LogP contribution in [0.4, 0.5) is 0 Å². The summed E-state index contributed by atoms with van der Waals surface area (Å²) < 4.78 is 11.2. The van der Waals surface area contributed by atoms with Crippen LogP contribution in [0.2, 0.25) is 0 Å². The van der Waals surface area contributed by atoms with Gasteiger partial charge in [-0.2, -0.15) is 0 Å². The fraction of sp³-hybridized carbons (Fsp3) is 0.391. The lowest BCUT2D eigenvalue weighted by atomic mass is 9.97. The lowest BCUT2D eigenvalue weighted by molar-refractivity contribution is 0.0891. The van der Waals surface area contributed by atoms with E-state index in [0.717, 1.165) is 42.8 Å². The molecule has 0 saturated carbocycles. The molecular formula is C23H26N2O4. The van der Waals surface area contributed by atoms with Crippen molar-refractivity contribution in [2.75, 3.05) is 19.6 Å². The van der Waals surface area contributed by atoms with Gasteiger partial charge in [-0.3, -0.25) is 9.69 Å². The molecule has 1 aromatic carbocycles. The summed E-state index contributed by atoms with van der Waals surface area (Å²) in [5.41, 5.74) is -0.135. The van der Waals surface area contributed by atoms with Gasteiger partial charge in [-0.25, -0.2) is 4.79 Å². The number of fused-ring (bicyclic) bond motifs is 1. The van der Waals surface area contributed by atoms with Gasteiger partial charge in [0.25, 0.3) is 5.91 Å². The zero-order valence-electron chi connectivity index (χ0n) is 16.8. The molecule has 1 aliphatic rings. The number of carbonyl (C=O) groups is 1. The Morgan fingerprint density at radius 1 is 1.17 bits per heavy atom. The summed E-state index contributed by atoms with van der Waals surface area (Å²) in [6.45, 7) is 6.47. The fourth-order valence-electron chi connectivity index (χ4n) is 3.89. The summed E-state index contributed by atoms with van der Waals surface area (Å²) in [6, 6.07) is 12.6. The Kier molecular flexibility index (Phi) is 5.53. The van der Waals surface area contributed by atoms with E-state index in [9.17, 15) is 9.59 Å². The molecule has 0 bridgehead atoms. The van der Waals surface area contributed by atoms with Gasteiger partial charge in [-0.05, 0) is 63.0 Å². The number of amides is 1. The van der Waals surface area contributed by atoms with Crippen LogP contribution in [0, 0.1) is 12.8 Å². The second kappa shape index (κ2) is 8.25. The quantitative estimate of drug-likeness (QED) is 0.664. The minimum absolute atomic E-state index is 0.0188. The summed E-state index contributed by atoms with van der Waals surface area (Å²) in [5.74, 6) is 1.96. The van der Waals surface area contributed by atoms with Crippen molar-refractivity contribution in [2.24, 2.45) is 5.92 Å². The molecular weight excluding hydrogens is 368 g/mol. The first-order valence-electron chi connectivity index (χ1n) is 10.1. The third-order valence-corrected chi connectivity index (χ3v) is 5.69. The lowest BCUT2D eigenvalue weighted by Gasteiger charge is -2.35. The van der Waals surface area contributed by atoms with E-state index < -0.39 is 11.5 Å². The first kappa shape index (κ1) is 19.5. The van der Waals surface area contributed by atoms with Crippen LogP contribution in [0.15, 0.2) is 56.1 Å². The van der Waals surface area contributed by atoms with Crippen molar-refractivity contribution >= 4 is 16.9 Å². The molecule has 3 aromatic rings. The number of aryl methyl sites for hydroxylation is 1. The number of piperidine rings is 1. The van der Waals surface area contributed by atoms with E-state index in [1.54, 1.807) is 18.2 Å². The number of benzene rings is 1. The number of nitrogens with zero attached hydrogens (tertiary/aromatic N) is 1. The highest BCUT2D eigenvalue weighted by molar-refractivity contribution is 5.96. The van der Waals surface area contributed by atoms with Crippen molar-refractivity contribution in [1.82, 2.24) is 10.2 Å². The number of carbonyl (C=O) groups excluding carboxylic acids is 1. The van der Waals surface area contributed by atoms with Gasteiger partial charge in [0, 0.05) is 11.9 Å². The van der Waals surface area contributed by atoms with Crippen molar-refractivity contribution < 1.29 is 13.6 Å². The average Bonchev–Trinajstić information content (AvgIpc) is 3.14. The van der Waals surface area contributed by atoms with Crippen molar-refractivity contribution in [3.63, 3.8) is 0 Å². The molecule has 1 fully saturated rings. The zero-order chi connectivity index (χ0) is 20.4. The molecule has 6 heteroatoms. The smallest absolute Gasteiger partial charge is 0.349 e. The van der Waals surface area contributed by atoms with Crippen molar-refractivity contribution in [1.29, 1.82) is 0 Å². The second-order valence-electron chi connectivity index (χ2n) is 7.88. The molecule has 3 heterocycles. The maximum absolute atomic E-state index is 12.8. The topological polar surface area (TPSA) is 75.7 Å². The van der Waals surface area contributed by atoms with Crippen LogP contribution in [0.25, 0.3) is 11.0 Å². The molecule has 1 N–H and O–H groups in total. The molecule has 0 radical (unpaired) electrons. The first-order chi connectivity index (χ1) is 14.0.